The van der Waals surface area contributed by atoms with Crippen LogP contribution < -0.4 is 29.6 Å². The number of carbonyl (C=O) groups excluding carboxylic acids is 2. The minimum Gasteiger partial charge on any atom is -0.744 e. The monoisotopic (exact) mass is 740 g/mol. The molecule has 0 aliphatic carbocycles. The Morgan fingerprint density at radius 1 is 0.549 bits per heavy atom. The molecular formula is C42H69NaO7S. The summed E-state index contributed by atoms with van der Waals surface area (Å²) >= 11 is 0. The smallest absolute Gasteiger partial charge is 0.744 e. The SMILES string of the molecule is CCC/C=C/CCCCCCCCCCCCOC(=O)c1cccc(S(=O)(=O)[O-])c1C(=O)OCCCCCCCCCCCC/C=C/CCC.[Na+]. The first-order valence-corrected chi connectivity index (χ1v) is 21.5. The Morgan fingerprint density at radius 3 is 1.29 bits per heavy atom. The average Bonchev–Trinajstić information content (AvgIpc) is 3.10. The Balaban J connectivity index is 0.0000250. The van der Waals surface area contributed by atoms with E-state index in [0.717, 1.165) is 44.6 Å². The van der Waals surface area contributed by atoms with E-state index in [2.05, 4.69) is 38.2 Å². The van der Waals surface area contributed by atoms with Gasteiger partial charge in [-0.05, 0) is 63.5 Å². The van der Waals surface area contributed by atoms with Crippen molar-refractivity contribution in [1.29, 1.82) is 0 Å². The maximum Gasteiger partial charge on any atom is 1.00 e. The zero-order valence-electron chi connectivity index (χ0n) is 32.6. The number of carbonyl (C=O) groups is 2. The molecule has 0 unspecified atom stereocenters. The average molecular weight is 741 g/mol. The number of hydrogen-bond acceptors (Lipinski definition) is 7. The van der Waals surface area contributed by atoms with Crippen molar-refractivity contribution in [2.45, 2.75) is 186 Å². The molecule has 0 heterocycles. The molecule has 0 saturated heterocycles. The number of esters is 2. The molecule has 9 heteroatoms. The minimum absolute atomic E-state index is 0. The van der Waals surface area contributed by atoms with E-state index in [1.54, 1.807) is 0 Å². The first-order chi connectivity index (χ1) is 24.3. The van der Waals surface area contributed by atoms with Crippen molar-refractivity contribution in [3.05, 3.63) is 53.6 Å². The summed E-state index contributed by atoms with van der Waals surface area (Å²) in [5.74, 6) is -1.82. The molecule has 0 saturated carbocycles. The van der Waals surface area contributed by atoms with Crippen LogP contribution in [0.15, 0.2) is 47.4 Å². The molecule has 0 N–H and O–H groups in total. The topological polar surface area (TPSA) is 110 Å². The minimum atomic E-state index is -5.01. The van der Waals surface area contributed by atoms with Crippen LogP contribution in [-0.2, 0) is 19.6 Å². The summed E-state index contributed by atoms with van der Waals surface area (Å²) < 4.78 is 46.6. The van der Waals surface area contributed by atoms with Crippen molar-refractivity contribution in [2.75, 3.05) is 13.2 Å². The van der Waals surface area contributed by atoms with E-state index in [0.29, 0.717) is 12.8 Å². The third kappa shape index (κ3) is 26.9. The van der Waals surface area contributed by atoms with Crippen LogP contribution in [0.5, 0.6) is 0 Å². The maximum atomic E-state index is 13.0. The molecule has 1 aromatic carbocycles. The van der Waals surface area contributed by atoms with Gasteiger partial charge in [-0.25, -0.2) is 18.0 Å². The number of benzene rings is 1. The molecular weight excluding hydrogens is 672 g/mol. The van der Waals surface area contributed by atoms with Gasteiger partial charge in [0, 0.05) is 0 Å². The van der Waals surface area contributed by atoms with E-state index in [1.165, 1.54) is 128 Å². The van der Waals surface area contributed by atoms with Crippen LogP contribution in [-0.4, -0.2) is 38.1 Å². The summed E-state index contributed by atoms with van der Waals surface area (Å²) in [6, 6.07) is 3.61. The summed E-state index contributed by atoms with van der Waals surface area (Å²) in [7, 11) is -5.01. The fourth-order valence-electron chi connectivity index (χ4n) is 5.96. The molecule has 1 rings (SSSR count). The summed E-state index contributed by atoms with van der Waals surface area (Å²) in [4.78, 5) is 25.1. The second-order valence-electron chi connectivity index (χ2n) is 13.6. The zero-order chi connectivity index (χ0) is 36.5. The molecule has 51 heavy (non-hydrogen) atoms. The molecule has 0 fully saturated rings. The quantitative estimate of drug-likeness (QED) is 0.0232. The van der Waals surface area contributed by atoms with Gasteiger partial charge in [0.15, 0.2) is 0 Å². The Labute approximate surface area is 334 Å². The molecule has 0 bridgehead atoms. The molecule has 7 nitrogen and oxygen atoms in total. The van der Waals surface area contributed by atoms with E-state index in [-0.39, 0.29) is 48.3 Å². The Hall–Kier alpha value is -1.45. The van der Waals surface area contributed by atoms with Gasteiger partial charge in [0.25, 0.3) is 0 Å². The number of allylic oxidation sites excluding steroid dienone is 4. The normalized spacial score (nSPS) is 11.7. The molecule has 0 amide bonds. The molecule has 0 aromatic heterocycles. The van der Waals surface area contributed by atoms with Crippen LogP contribution in [0.3, 0.4) is 0 Å². The van der Waals surface area contributed by atoms with Crippen LogP contribution in [0.1, 0.15) is 202 Å². The Bertz CT molecular complexity index is 1180. The summed E-state index contributed by atoms with van der Waals surface area (Å²) in [6.07, 6.45) is 38.9. The maximum absolute atomic E-state index is 13.0. The van der Waals surface area contributed by atoms with Gasteiger partial charge >= 0.3 is 41.5 Å². The van der Waals surface area contributed by atoms with Gasteiger partial charge in [-0.1, -0.05) is 160 Å². The number of hydrogen-bond donors (Lipinski definition) is 0. The predicted octanol–water partition coefficient (Wildman–Crippen LogP) is 9.20. The van der Waals surface area contributed by atoms with Crippen molar-refractivity contribution in [1.82, 2.24) is 0 Å². The summed E-state index contributed by atoms with van der Waals surface area (Å²) in [6.45, 7) is 4.65. The van der Waals surface area contributed by atoms with E-state index < -0.39 is 32.5 Å². The fourth-order valence-corrected chi connectivity index (χ4v) is 6.65. The molecule has 0 aliphatic heterocycles. The Kier molecular flexibility index (Phi) is 33.4. The van der Waals surface area contributed by atoms with Crippen LogP contribution in [0.25, 0.3) is 0 Å². The molecule has 0 radical (unpaired) electrons. The van der Waals surface area contributed by atoms with Crippen LogP contribution in [0.2, 0.25) is 0 Å². The Morgan fingerprint density at radius 2 is 0.902 bits per heavy atom. The largest absolute Gasteiger partial charge is 1.00 e. The molecule has 0 aliphatic rings. The van der Waals surface area contributed by atoms with Crippen LogP contribution in [0, 0.1) is 0 Å². The van der Waals surface area contributed by atoms with Gasteiger partial charge in [-0.3, -0.25) is 0 Å². The second kappa shape index (κ2) is 34.3. The van der Waals surface area contributed by atoms with Gasteiger partial charge in [0.2, 0.25) is 0 Å². The molecule has 286 valence electrons. The summed E-state index contributed by atoms with van der Waals surface area (Å²) in [5.41, 5.74) is -0.783. The van der Waals surface area contributed by atoms with Gasteiger partial charge < -0.3 is 14.0 Å². The van der Waals surface area contributed by atoms with Crippen molar-refractivity contribution in [3.63, 3.8) is 0 Å². The van der Waals surface area contributed by atoms with Gasteiger partial charge in [-0.15, -0.1) is 0 Å². The summed E-state index contributed by atoms with van der Waals surface area (Å²) in [5, 5.41) is 0. The van der Waals surface area contributed by atoms with E-state index in [9.17, 15) is 22.6 Å². The zero-order valence-corrected chi connectivity index (χ0v) is 35.4. The number of rotatable bonds is 33. The van der Waals surface area contributed by atoms with E-state index in [4.69, 9.17) is 9.47 Å². The van der Waals surface area contributed by atoms with Crippen molar-refractivity contribution in [2.24, 2.45) is 0 Å². The molecule has 1 aromatic rings. The van der Waals surface area contributed by atoms with Crippen molar-refractivity contribution >= 4 is 22.1 Å². The van der Waals surface area contributed by atoms with Crippen LogP contribution in [0.4, 0.5) is 0 Å². The fraction of sp³-hybridized carbons (Fsp3) is 0.714. The number of ether oxygens (including phenoxy) is 2. The van der Waals surface area contributed by atoms with Crippen molar-refractivity contribution in [3.8, 4) is 0 Å². The first kappa shape index (κ1) is 49.6. The van der Waals surface area contributed by atoms with Gasteiger partial charge in [0.05, 0.1) is 29.2 Å². The number of unbranched alkanes of at least 4 members (excludes halogenated alkanes) is 22. The first-order valence-electron chi connectivity index (χ1n) is 20.1. The van der Waals surface area contributed by atoms with E-state index >= 15 is 0 Å². The van der Waals surface area contributed by atoms with E-state index in [1.807, 2.05) is 0 Å². The van der Waals surface area contributed by atoms with Crippen LogP contribution >= 0.6 is 0 Å². The van der Waals surface area contributed by atoms with Crippen molar-refractivity contribution < 1.29 is 61.6 Å². The predicted molar refractivity (Wildman–Crippen MR) is 205 cm³/mol. The van der Waals surface area contributed by atoms with Gasteiger partial charge in [-0.2, -0.15) is 0 Å². The van der Waals surface area contributed by atoms with Gasteiger partial charge in [0.1, 0.15) is 10.1 Å². The second-order valence-corrected chi connectivity index (χ2v) is 14.9. The third-order valence-corrected chi connectivity index (χ3v) is 9.84. The standard InChI is InChI=1S/C42H70O7S.Na/c1-3-5-7-9-11-13-15-17-19-21-23-25-27-29-31-36-48-41(43)38-34-33-35-39(50(45,46)47)40(38)42(44)49-37-32-30-28-26-24-22-20-18-16-14-12-10-8-6-4-2;/h7-10,33-35H,3-6,11-32,36-37H2,1-2H3,(H,45,46,47);/q;+1/p-1/b9-7+,10-8+;. The third-order valence-electron chi connectivity index (χ3n) is 8.96. The molecule has 0 spiro atoms. The molecule has 0 atom stereocenters.